The smallest absolute Gasteiger partial charge is 0.351 e. The van der Waals surface area contributed by atoms with Crippen molar-refractivity contribution in [3.8, 4) is 17.4 Å². The number of pyridine rings is 1. The van der Waals surface area contributed by atoms with Gasteiger partial charge < -0.3 is 4.74 Å². The van der Waals surface area contributed by atoms with Crippen LogP contribution in [-0.4, -0.2) is 27.0 Å². The van der Waals surface area contributed by atoms with E-state index in [2.05, 4.69) is 19.9 Å². The van der Waals surface area contributed by atoms with Crippen molar-refractivity contribution in [1.29, 1.82) is 0 Å². The molecule has 2 aromatic heterocycles. The second kappa shape index (κ2) is 4.49. The second-order valence-electron chi connectivity index (χ2n) is 3.87. The third-order valence-corrected chi connectivity index (χ3v) is 2.70. The monoisotopic (exact) mass is 254 g/mol. The van der Waals surface area contributed by atoms with Crippen molar-refractivity contribution in [2.24, 2.45) is 0 Å². The number of aromatic nitrogens is 4. The molecule has 0 bridgehead atoms. The summed E-state index contributed by atoms with van der Waals surface area (Å²) in [4.78, 5) is 26.1. The van der Waals surface area contributed by atoms with Crippen molar-refractivity contribution in [3.05, 3.63) is 47.0 Å². The molecule has 3 rings (SSSR count). The van der Waals surface area contributed by atoms with Gasteiger partial charge in [0.15, 0.2) is 0 Å². The van der Waals surface area contributed by atoms with Crippen LogP contribution in [0.15, 0.2) is 41.3 Å². The molecule has 0 fully saturated rings. The van der Waals surface area contributed by atoms with E-state index in [1.54, 1.807) is 6.20 Å². The summed E-state index contributed by atoms with van der Waals surface area (Å²) in [5.74, 6) is 0.390. The van der Waals surface area contributed by atoms with Crippen LogP contribution in [0.4, 0.5) is 0 Å². The van der Waals surface area contributed by atoms with Crippen LogP contribution in [0.1, 0.15) is 0 Å². The molecule has 19 heavy (non-hydrogen) atoms. The minimum absolute atomic E-state index is 0.0340. The van der Waals surface area contributed by atoms with Crippen molar-refractivity contribution in [2.45, 2.75) is 0 Å². The Morgan fingerprint density at radius 1 is 1.16 bits per heavy atom. The van der Waals surface area contributed by atoms with Crippen molar-refractivity contribution >= 4 is 10.9 Å². The number of rotatable bonds is 2. The van der Waals surface area contributed by atoms with Gasteiger partial charge in [0.2, 0.25) is 0 Å². The molecule has 0 spiro atoms. The van der Waals surface area contributed by atoms with Gasteiger partial charge in [-0.1, -0.05) is 18.2 Å². The second-order valence-corrected chi connectivity index (χ2v) is 3.87. The Morgan fingerprint density at radius 3 is 2.84 bits per heavy atom. The summed E-state index contributed by atoms with van der Waals surface area (Å²) < 4.78 is 4.91. The van der Waals surface area contributed by atoms with Crippen molar-refractivity contribution in [2.75, 3.05) is 7.11 Å². The largest absolute Gasteiger partial charge is 0.467 e. The summed E-state index contributed by atoms with van der Waals surface area (Å²) in [6.45, 7) is 0. The molecule has 2 heterocycles. The van der Waals surface area contributed by atoms with E-state index in [0.29, 0.717) is 5.82 Å². The number of hydrogen-bond acceptors (Lipinski definition) is 5. The number of nitrogens with zero attached hydrogens (tertiary/aromatic N) is 3. The summed E-state index contributed by atoms with van der Waals surface area (Å²) in [5, 5.41) is 0.971. The van der Waals surface area contributed by atoms with Gasteiger partial charge in [0, 0.05) is 17.1 Å². The molecule has 94 valence electrons. The van der Waals surface area contributed by atoms with E-state index in [0.717, 1.165) is 16.5 Å². The average Bonchev–Trinajstić information content (AvgIpc) is 2.46. The van der Waals surface area contributed by atoms with Crippen LogP contribution in [0, 0.1) is 0 Å². The molecule has 0 atom stereocenters. The topological polar surface area (TPSA) is 80.8 Å². The van der Waals surface area contributed by atoms with E-state index in [4.69, 9.17) is 4.74 Å². The molecular formula is C13H10N4O2. The first-order valence-electron chi connectivity index (χ1n) is 5.64. The quantitative estimate of drug-likeness (QED) is 0.747. The maximum atomic E-state index is 11.5. The first kappa shape index (κ1) is 11.3. The van der Waals surface area contributed by atoms with E-state index in [1.807, 2.05) is 30.3 Å². The van der Waals surface area contributed by atoms with Crippen LogP contribution in [0.2, 0.25) is 0 Å². The Labute approximate surface area is 108 Å². The lowest BCUT2D eigenvalue weighted by atomic mass is 10.1. The van der Waals surface area contributed by atoms with Gasteiger partial charge in [-0.15, -0.1) is 4.98 Å². The Morgan fingerprint density at radius 2 is 2.00 bits per heavy atom. The van der Waals surface area contributed by atoms with Crippen LogP contribution in [0.25, 0.3) is 22.3 Å². The third kappa shape index (κ3) is 2.03. The van der Waals surface area contributed by atoms with Gasteiger partial charge in [-0.3, -0.25) is 9.97 Å². The molecule has 0 aliphatic heterocycles. The zero-order chi connectivity index (χ0) is 13.2. The Balaban J connectivity index is 2.30. The highest BCUT2D eigenvalue weighted by atomic mass is 16.5. The van der Waals surface area contributed by atoms with E-state index in [9.17, 15) is 4.79 Å². The summed E-state index contributed by atoms with van der Waals surface area (Å²) >= 11 is 0. The molecule has 1 aromatic carbocycles. The van der Waals surface area contributed by atoms with Crippen LogP contribution in [0.3, 0.4) is 0 Å². The maximum Gasteiger partial charge on any atom is 0.351 e. The minimum atomic E-state index is -0.505. The fraction of sp³-hybridized carbons (Fsp3) is 0.0769. The third-order valence-electron chi connectivity index (χ3n) is 2.70. The van der Waals surface area contributed by atoms with Crippen LogP contribution in [-0.2, 0) is 0 Å². The Bertz CT molecular complexity index is 793. The highest BCUT2D eigenvalue weighted by molar-refractivity contribution is 5.91. The van der Waals surface area contributed by atoms with Gasteiger partial charge in [-0.25, -0.2) is 4.79 Å². The fourth-order valence-electron chi connectivity index (χ4n) is 1.88. The lowest BCUT2D eigenvalue weighted by molar-refractivity contribution is 0.377. The number of para-hydroxylation sites is 1. The van der Waals surface area contributed by atoms with Crippen molar-refractivity contribution in [1.82, 2.24) is 19.9 Å². The predicted molar refractivity (Wildman–Crippen MR) is 69.9 cm³/mol. The molecule has 0 aliphatic carbocycles. The van der Waals surface area contributed by atoms with Crippen molar-refractivity contribution in [3.63, 3.8) is 0 Å². The van der Waals surface area contributed by atoms with Gasteiger partial charge in [-0.2, -0.15) is 4.98 Å². The molecule has 6 nitrogen and oxygen atoms in total. The summed E-state index contributed by atoms with van der Waals surface area (Å²) in [5.41, 5.74) is 0.993. The average molecular weight is 254 g/mol. The van der Waals surface area contributed by atoms with Gasteiger partial charge in [-0.05, 0) is 12.1 Å². The highest BCUT2D eigenvalue weighted by Gasteiger charge is 2.09. The molecule has 0 aliphatic rings. The van der Waals surface area contributed by atoms with Crippen molar-refractivity contribution < 1.29 is 4.74 Å². The summed E-state index contributed by atoms with van der Waals surface area (Å²) in [7, 11) is 1.42. The molecule has 6 heteroatoms. The van der Waals surface area contributed by atoms with Gasteiger partial charge in [0.25, 0.3) is 0 Å². The molecular weight excluding hydrogens is 244 g/mol. The maximum absolute atomic E-state index is 11.5. The number of aromatic amines is 1. The number of hydrogen-bond donors (Lipinski definition) is 1. The first-order chi connectivity index (χ1) is 9.28. The Kier molecular flexibility index (Phi) is 2.68. The van der Waals surface area contributed by atoms with Gasteiger partial charge in [0.05, 0.1) is 12.6 Å². The SMILES string of the molecule is COc1nc(-c2cccc3cccnc23)[nH]c(=O)n1. The number of fused-ring (bicyclic) bond motifs is 1. The summed E-state index contributed by atoms with van der Waals surface area (Å²) in [6.07, 6.45) is 1.70. The summed E-state index contributed by atoms with van der Waals surface area (Å²) in [6, 6.07) is 9.51. The molecule has 0 saturated heterocycles. The molecule has 1 N–H and O–H groups in total. The van der Waals surface area contributed by atoms with E-state index >= 15 is 0 Å². The Hall–Kier alpha value is -2.76. The standard InChI is InChI=1S/C13H10N4O2/c1-19-13-16-11(15-12(18)17-13)9-6-2-4-8-5-3-7-14-10(8)9/h2-7H,1H3,(H,15,16,17,18). The predicted octanol–water partition coefficient (Wildman–Crippen LogP) is 1.39. The number of benzene rings is 1. The molecule has 0 saturated carbocycles. The number of nitrogens with one attached hydrogen (secondary N) is 1. The molecule has 3 aromatic rings. The zero-order valence-corrected chi connectivity index (χ0v) is 10.1. The van der Waals surface area contributed by atoms with Crippen LogP contribution >= 0.6 is 0 Å². The van der Waals surface area contributed by atoms with E-state index < -0.39 is 5.69 Å². The van der Waals surface area contributed by atoms with Crippen LogP contribution < -0.4 is 10.4 Å². The normalized spacial score (nSPS) is 10.6. The minimum Gasteiger partial charge on any atom is -0.467 e. The van der Waals surface area contributed by atoms with E-state index in [-0.39, 0.29) is 6.01 Å². The lowest BCUT2D eigenvalue weighted by Gasteiger charge is -2.05. The van der Waals surface area contributed by atoms with Gasteiger partial charge >= 0.3 is 11.7 Å². The van der Waals surface area contributed by atoms with Crippen LogP contribution in [0.5, 0.6) is 6.01 Å². The number of H-pyrrole nitrogens is 1. The molecule has 0 unspecified atom stereocenters. The van der Waals surface area contributed by atoms with Gasteiger partial charge in [0.1, 0.15) is 5.82 Å². The molecule has 0 amide bonds. The lowest BCUT2D eigenvalue weighted by Crippen LogP contribution is -2.14. The molecule has 0 radical (unpaired) electrons. The highest BCUT2D eigenvalue weighted by Crippen LogP contribution is 2.23. The first-order valence-corrected chi connectivity index (χ1v) is 5.64. The number of ether oxygens (including phenoxy) is 1. The van der Waals surface area contributed by atoms with E-state index in [1.165, 1.54) is 7.11 Å². The number of methoxy groups -OCH3 is 1. The fourth-order valence-corrected chi connectivity index (χ4v) is 1.88. The zero-order valence-electron chi connectivity index (χ0n) is 10.1.